The summed E-state index contributed by atoms with van der Waals surface area (Å²) in [6.07, 6.45) is 4.14. The van der Waals surface area contributed by atoms with E-state index in [-0.39, 0.29) is 6.04 Å². The van der Waals surface area contributed by atoms with Gasteiger partial charge in [0.2, 0.25) is 0 Å². The summed E-state index contributed by atoms with van der Waals surface area (Å²) < 4.78 is 0. The molecule has 1 unspecified atom stereocenters. The van der Waals surface area contributed by atoms with Crippen LogP contribution < -0.4 is 5.73 Å². The maximum Gasteiger partial charge on any atom is 0.0454 e. The highest BCUT2D eigenvalue weighted by atomic mass is 14.7. The SMILES string of the molecule is CCCC(N)c1ccc2[nH]ccc2c1. The van der Waals surface area contributed by atoms with Gasteiger partial charge in [0.25, 0.3) is 0 Å². The van der Waals surface area contributed by atoms with Gasteiger partial charge >= 0.3 is 0 Å². The number of nitrogens with two attached hydrogens (primary N) is 1. The smallest absolute Gasteiger partial charge is 0.0454 e. The van der Waals surface area contributed by atoms with Crippen molar-refractivity contribution in [2.75, 3.05) is 0 Å². The first-order chi connectivity index (χ1) is 6.81. The normalized spacial score (nSPS) is 13.3. The van der Waals surface area contributed by atoms with Gasteiger partial charge in [-0.1, -0.05) is 19.4 Å². The van der Waals surface area contributed by atoms with Crippen molar-refractivity contribution in [2.45, 2.75) is 25.8 Å². The van der Waals surface area contributed by atoms with Crippen LogP contribution in [-0.2, 0) is 0 Å². The van der Waals surface area contributed by atoms with Crippen molar-refractivity contribution >= 4 is 10.9 Å². The molecular weight excluding hydrogens is 172 g/mol. The van der Waals surface area contributed by atoms with Crippen molar-refractivity contribution < 1.29 is 0 Å². The van der Waals surface area contributed by atoms with Crippen LogP contribution in [0.3, 0.4) is 0 Å². The number of hydrogen-bond acceptors (Lipinski definition) is 1. The molecule has 1 atom stereocenters. The summed E-state index contributed by atoms with van der Waals surface area (Å²) in [6, 6.07) is 8.64. The molecule has 2 aromatic rings. The van der Waals surface area contributed by atoms with E-state index in [9.17, 15) is 0 Å². The van der Waals surface area contributed by atoms with E-state index in [2.05, 4.69) is 36.2 Å². The van der Waals surface area contributed by atoms with E-state index in [4.69, 9.17) is 5.73 Å². The van der Waals surface area contributed by atoms with Crippen LogP contribution in [0.4, 0.5) is 0 Å². The lowest BCUT2D eigenvalue weighted by Gasteiger charge is -2.10. The Balaban J connectivity index is 2.33. The van der Waals surface area contributed by atoms with E-state index >= 15 is 0 Å². The Kier molecular flexibility index (Phi) is 2.55. The number of fused-ring (bicyclic) bond motifs is 1. The second-order valence-corrected chi connectivity index (χ2v) is 3.72. The molecule has 14 heavy (non-hydrogen) atoms. The lowest BCUT2D eigenvalue weighted by atomic mass is 10.0. The van der Waals surface area contributed by atoms with Crippen LogP contribution in [0.15, 0.2) is 30.5 Å². The van der Waals surface area contributed by atoms with Gasteiger partial charge in [-0.25, -0.2) is 0 Å². The number of H-pyrrole nitrogens is 1. The summed E-state index contributed by atoms with van der Waals surface area (Å²) in [7, 11) is 0. The summed E-state index contributed by atoms with van der Waals surface area (Å²) in [6.45, 7) is 2.16. The molecule has 0 fully saturated rings. The van der Waals surface area contributed by atoms with E-state index in [1.54, 1.807) is 0 Å². The molecule has 74 valence electrons. The quantitative estimate of drug-likeness (QED) is 0.764. The molecule has 0 bridgehead atoms. The second kappa shape index (κ2) is 3.84. The van der Waals surface area contributed by atoms with Crippen LogP contribution in [0.2, 0.25) is 0 Å². The zero-order valence-corrected chi connectivity index (χ0v) is 8.46. The van der Waals surface area contributed by atoms with E-state index in [1.807, 2.05) is 6.20 Å². The number of nitrogens with one attached hydrogen (secondary N) is 1. The second-order valence-electron chi connectivity index (χ2n) is 3.72. The van der Waals surface area contributed by atoms with Crippen LogP contribution in [0.5, 0.6) is 0 Å². The standard InChI is InChI=1S/C12H16N2/c1-2-3-11(13)9-4-5-12-10(8-9)6-7-14-12/h4-8,11,14H,2-3,13H2,1H3. The molecule has 0 aliphatic carbocycles. The van der Waals surface area contributed by atoms with Gasteiger partial charge in [0, 0.05) is 17.8 Å². The minimum atomic E-state index is 0.180. The van der Waals surface area contributed by atoms with Crippen LogP contribution in [0.1, 0.15) is 31.4 Å². The van der Waals surface area contributed by atoms with Crippen LogP contribution in [0, 0.1) is 0 Å². The zero-order valence-electron chi connectivity index (χ0n) is 8.46. The maximum absolute atomic E-state index is 6.06. The van der Waals surface area contributed by atoms with Gasteiger partial charge < -0.3 is 10.7 Å². The molecule has 1 aromatic carbocycles. The van der Waals surface area contributed by atoms with Gasteiger partial charge in [-0.2, -0.15) is 0 Å². The molecule has 0 spiro atoms. The molecule has 3 N–H and O–H groups in total. The molecule has 0 saturated heterocycles. The first-order valence-electron chi connectivity index (χ1n) is 5.14. The summed E-state index contributed by atoms with van der Waals surface area (Å²) in [5.74, 6) is 0. The number of rotatable bonds is 3. The molecule has 2 nitrogen and oxygen atoms in total. The van der Waals surface area contributed by atoms with Crippen LogP contribution in [0.25, 0.3) is 10.9 Å². The zero-order chi connectivity index (χ0) is 9.97. The summed E-state index contributed by atoms with van der Waals surface area (Å²) in [5, 5.41) is 1.24. The topological polar surface area (TPSA) is 41.8 Å². The van der Waals surface area contributed by atoms with Crippen molar-refractivity contribution in [1.29, 1.82) is 0 Å². The largest absolute Gasteiger partial charge is 0.361 e. The van der Waals surface area contributed by atoms with Crippen molar-refractivity contribution in [1.82, 2.24) is 4.98 Å². The maximum atomic E-state index is 6.06. The molecule has 1 aromatic heterocycles. The van der Waals surface area contributed by atoms with Gasteiger partial charge in [0.1, 0.15) is 0 Å². The van der Waals surface area contributed by atoms with E-state index in [1.165, 1.54) is 16.5 Å². The third kappa shape index (κ3) is 1.66. The Morgan fingerprint density at radius 3 is 3.00 bits per heavy atom. The van der Waals surface area contributed by atoms with Gasteiger partial charge in [0.05, 0.1) is 0 Å². The number of aromatic amines is 1. The highest BCUT2D eigenvalue weighted by Gasteiger charge is 2.05. The van der Waals surface area contributed by atoms with Crippen molar-refractivity contribution in [3.8, 4) is 0 Å². The monoisotopic (exact) mass is 188 g/mol. The van der Waals surface area contributed by atoms with Crippen molar-refractivity contribution in [2.24, 2.45) is 5.73 Å². The van der Waals surface area contributed by atoms with Crippen LogP contribution >= 0.6 is 0 Å². The average Bonchev–Trinajstić information content (AvgIpc) is 2.64. The third-order valence-corrected chi connectivity index (χ3v) is 2.61. The number of benzene rings is 1. The number of hydrogen-bond donors (Lipinski definition) is 2. The molecule has 0 aliphatic rings. The van der Waals surface area contributed by atoms with E-state index < -0.39 is 0 Å². The summed E-state index contributed by atoms with van der Waals surface area (Å²) in [4.78, 5) is 3.18. The fourth-order valence-corrected chi connectivity index (χ4v) is 1.78. The predicted molar refractivity (Wildman–Crippen MR) is 60.1 cm³/mol. The average molecular weight is 188 g/mol. The molecular formula is C12H16N2. The van der Waals surface area contributed by atoms with Crippen molar-refractivity contribution in [3.63, 3.8) is 0 Å². The Morgan fingerprint density at radius 2 is 2.21 bits per heavy atom. The molecule has 0 saturated carbocycles. The number of aromatic nitrogens is 1. The van der Waals surface area contributed by atoms with Gasteiger partial charge in [-0.15, -0.1) is 0 Å². The van der Waals surface area contributed by atoms with Gasteiger partial charge in [-0.3, -0.25) is 0 Å². The first-order valence-corrected chi connectivity index (χ1v) is 5.14. The molecule has 1 heterocycles. The van der Waals surface area contributed by atoms with E-state index in [0.717, 1.165) is 12.8 Å². The minimum absolute atomic E-state index is 0.180. The third-order valence-electron chi connectivity index (χ3n) is 2.61. The summed E-state index contributed by atoms with van der Waals surface area (Å²) in [5.41, 5.74) is 8.47. The van der Waals surface area contributed by atoms with E-state index in [0.29, 0.717) is 0 Å². The van der Waals surface area contributed by atoms with Gasteiger partial charge in [-0.05, 0) is 35.6 Å². The Labute approximate surface area is 84.1 Å². The fraction of sp³-hybridized carbons (Fsp3) is 0.333. The predicted octanol–water partition coefficient (Wildman–Crippen LogP) is 2.97. The Hall–Kier alpha value is -1.28. The molecule has 0 amide bonds. The summed E-state index contributed by atoms with van der Waals surface area (Å²) >= 11 is 0. The Bertz CT molecular complexity index is 417. The molecule has 2 rings (SSSR count). The molecule has 0 aliphatic heterocycles. The van der Waals surface area contributed by atoms with Crippen molar-refractivity contribution in [3.05, 3.63) is 36.0 Å². The molecule has 0 radical (unpaired) electrons. The van der Waals surface area contributed by atoms with Crippen LogP contribution in [-0.4, -0.2) is 4.98 Å². The lowest BCUT2D eigenvalue weighted by molar-refractivity contribution is 0.639. The minimum Gasteiger partial charge on any atom is -0.361 e. The molecule has 2 heteroatoms. The first kappa shape index (κ1) is 9.28. The highest BCUT2D eigenvalue weighted by molar-refractivity contribution is 5.80. The lowest BCUT2D eigenvalue weighted by Crippen LogP contribution is -2.09. The van der Waals surface area contributed by atoms with Gasteiger partial charge in [0.15, 0.2) is 0 Å². The fourth-order valence-electron chi connectivity index (χ4n) is 1.78. The Morgan fingerprint density at radius 1 is 1.36 bits per heavy atom. The highest BCUT2D eigenvalue weighted by Crippen LogP contribution is 2.20.